The second-order valence-electron chi connectivity index (χ2n) is 3.81. The zero-order chi connectivity index (χ0) is 11.1. The Morgan fingerprint density at radius 2 is 2.47 bits per heavy atom. The number of nitrogens with zero attached hydrogens (tertiary/aromatic N) is 3. The molecule has 0 aliphatic rings. The lowest BCUT2D eigenvalue weighted by atomic mass is 10.2. The van der Waals surface area contributed by atoms with Crippen molar-refractivity contribution in [3.8, 4) is 0 Å². The van der Waals surface area contributed by atoms with Crippen LogP contribution in [0.1, 0.15) is 25.6 Å². The Bertz CT molecular complexity index is 293. The van der Waals surface area contributed by atoms with Crippen molar-refractivity contribution in [2.45, 2.75) is 32.2 Å². The smallest absolute Gasteiger partial charge is 0.151 e. The van der Waals surface area contributed by atoms with Gasteiger partial charge in [0.05, 0.1) is 0 Å². The first-order chi connectivity index (χ1) is 7.22. The van der Waals surface area contributed by atoms with Gasteiger partial charge in [-0.3, -0.25) is 4.68 Å². The summed E-state index contributed by atoms with van der Waals surface area (Å²) in [4.78, 5) is 4.17. The van der Waals surface area contributed by atoms with Crippen LogP contribution in [0.3, 0.4) is 0 Å². The molecule has 84 valence electrons. The predicted molar refractivity (Wildman–Crippen MR) is 61.6 cm³/mol. The topological polar surface area (TPSA) is 42.7 Å². The summed E-state index contributed by atoms with van der Waals surface area (Å²) >= 11 is 0. The minimum absolute atomic E-state index is 0.534. The lowest BCUT2D eigenvalue weighted by Crippen LogP contribution is -2.28. The van der Waals surface area contributed by atoms with E-state index in [1.807, 2.05) is 13.1 Å². The van der Waals surface area contributed by atoms with Crippen LogP contribution in [0, 0.1) is 0 Å². The summed E-state index contributed by atoms with van der Waals surface area (Å²) in [6, 6.07) is 0.534. The van der Waals surface area contributed by atoms with Crippen molar-refractivity contribution >= 4 is 0 Å². The van der Waals surface area contributed by atoms with Crippen molar-refractivity contribution in [1.29, 1.82) is 0 Å². The minimum Gasteiger partial charge on any atom is -0.314 e. The minimum atomic E-state index is 0.534. The molecule has 0 radical (unpaired) electrons. The Balaban J connectivity index is 2.13. The molecule has 1 heterocycles. The fraction of sp³-hybridized carbons (Fsp3) is 0.636. The quantitative estimate of drug-likeness (QED) is 0.687. The lowest BCUT2D eigenvalue weighted by molar-refractivity contribution is 0.517. The maximum Gasteiger partial charge on any atom is 0.151 e. The molecule has 0 aromatic carbocycles. The van der Waals surface area contributed by atoms with Crippen molar-refractivity contribution in [3.63, 3.8) is 0 Å². The summed E-state index contributed by atoms with van der Waals surface area (Å²) < 4.78 is 1.73. The molecule has 0 saturated heterocycles. The highest BCUT2D eigenvalue weighted by atomic mass is 15.3. The van der Waals surface area contributed by atoms with Crippen LogP contribution in [0.5, 0.6) is 0 Å². The van der Waals surface area contributed by atoms with E-state index in [1.54, 1.807) is 11.0 Å². The first kappa shape index (κ1) is 11.9. The van der Waals surface area contributed by atoms with Gasteiger partial charge in [-0.2, -0.15) is 5.10 Å². The van der Waals surface area contributed by atoms with Gasteiger partial charge in [-0.05, 0) is 19.8 Å². The molecule has 0 amide bonds. The highest BCUT2D eigenvalue weighted by Crippen LogP contribution is 1.96. The third-order valence-corrected chi connectivity index (χ3v) is 2.29. The molecule has 1 atom stereocenters. The summed E-state index contributed by atoms with van der Waals surface area (Å²) in [5.74, 6) is 0.904. The average Bonchev–Trinajstić information content (AvgIpc) is 2.61. The Morgan fingerprint density at radius 1 is 1.67 bits per heavy atom. The van der Waals surface area contributed by atoms with Gasteiger partial charge in [-0.1, -0.05) is 6.08 Å². The number of nitrogens with one attached hydrogen (secondary N) is 1. The molecule has 15 heavy (non-hydrogen) atoms. The van der Waals surface area contributed by atoms with Crippen molar-refractivity contribution in [2.24, 2.45) is 7.05 Å². The van der Waals surface area contributed by atoms with E-state index < -0.39 is 0 Å². The van der Waals surface area contributed by atoms with Gasteiger partial charge in [-0.15, -0.1) is 6.58 Å². The molecule has 0 aliphatic heterocycles. The molecule has 0 spiro atoms. The van der Waals surface area contributed by atoms with E-state index >= 15 is 0 Å². The van der Waals surface area contributed by atoms with Gasteiger partial charge in [0.15, 0.2) is 5.82 Å². The largest absolute Gasteiger partial charge is 0.314 e. The van der Waals surface area contributed by atoms with Crippen LogP contribution in [0.4, 0.5) is 0 Å². The van der Waals surface area contributed by atoms with Gasteiger partial charge in [0.25, 0.3) is 0 Å². The molecule has 4 nitrogen and oxygen atoms in total. The molecule has 0 bridgehead atoms. The maximum atomic E-state index is 4.22. The van der Waals surface area contributed by atoms with Crippen LogP contribution in [0.2, 0.25) is 0 Å². The molecule has 1 aromatic rings. The number of allylic oxidation sites excluding steroid dienone is 1. The summed E-state index contributed by atoms with van der Waals surface area (Å²) in [7, 11) is 1.89. The fourth-order valence-corrected chi connectivity index (χ4v) is 1.40. The van der Waals surface area contributed by atoms with E-state index in [0.717, 1.165) is 31.6 Å². The maximum absolute atomic E-state index is 4.22. The van der Waals surface area contributed by atoms with E-state index in [0.29, 0.717) is 6.04 Å². The average molecular weight is 208 g/mol. The lowest BCUT2D eigenvalue weighted by Gasteiger charge is -2.11. The molecule has 1 N–H and O–H groups in total. The molecule has 0 aliphatic carbocycles. The second kappa shape index (κ2) is 6.35. The van der Waals surface area contributed by atoms with Gasteiger partial charge >= 0.3 is 0 Å². The van der Waals surface area contributed by atoms with Crippen LogP contribution in [-0.4, -0.2) is 27.4 Å². The van der Waals surface area contributed by atoms with E-state index in [2.05, 4.69) is 28.9 Å². The van der Waals surface area contributed by atoms with Crippen molar-refractivity contribution in [1.82, 2.24) is 20.1 Å². The number of hydrogen-bond acceptors (Lipinski definition) is 3. The van der Waals surface area contributed by atoms with Gasteiger partial charge < -0.3 is 5.32 Å². The Kier molecular flexibility index (Phi) is 5.04. The Hall–Kier alpha value is -1.16. The number of aromatic nitrogens is 3. The normalized spacial score (nSPS) is 12.7. The Labute approximate surface area is 91.4 Å². The predicted octanol–water partition coefficient (Wildman–Crippen LogP) is 1.30. The summed E-state index contributed by atoms with van der Waals surface area (Å²) in [6.45, 7) is 6.84. The highest BCUT2D eigenvalue weighted by molar-refractivity contribution is 4.82. The molecule has 1 rings (SSSR count). The van der Waals surface area contributed by atoms with Gasteiger partial charge in [0.1, 0.15) is 6.33 Å². The van der Waals surface area contributed by atoms with Crippen LogP contribution >= 0.6 is 0 Å². The molecule has 4 heteroatoms. The van der Waals surface area contributed by atoms with E-state index in [1.165, 1.54) is 0 Å². The van der Waals surface area contributed by atoms with Crippen LogP contribution in [-0.2, 0) is 13.5 Å². The van der Waals surface area contributed by atoms with Gasteiger partial charge in [0, 0.05) is 26.1 Å². The zero-order valence-corrected chi connectivity index (χ0v) is 9.61. The highest BCUT2D eigenvalue weighted by Gasteiger charge is 2.01. The third-order valence-electron chi connectivity index (χ3n) is 2.29. The van der Waals surface area contributed by atoms with Crippen LogP contribution in [0.25, 0.3) is 0 Å². The van der Waals surface area contributed by atoms with Crippen LogP contribution < -0.4 is 5.32 Å². The third kappa shape index (κ3) is 4.74. The van der Waals surface area contributed by atoms with E-state index in [-0.39, 0.29) is 0 Å². The zero-order valence-electron chi connectivity index (χ0n) is 9.61. The van der Waals surface area contributed by atoms with Crippen LogP contribution in [0.15, 0.2) is 19.0 Å². The standard InChI is InChI=1S/C11H20N4/c1-4-5-6-10(2)12-8-7-11-13-9-15(3)14-11/h4,9-10,12H,1,5-8H2,2-3H3. The monoisotopic (exact) mass is 208 g/mol. The molecular formula is C11H20N4. The molecule has 1 aromatic heterocycles. The molecule has 0 fully saturated rings. The first-order valence-electron chi connectivity index (χ1n) is 5.41. The van der Waals surface area contributed by atoms with Crippen molar-refractivity contribution < 1.29 is 0 Å². The Morgan fingerprint density at radius 3 is 3.07 bits per heavy atom. The summed E-state index contributed by atoms with van der Waals surface area (Å²) in [6.07, 6.45) is 6.78. The molecule has 1 unspecified atom stereocenters. The molecule has 0 saturated carbocycles. The summed E-state index contributed by atoms with van der Waals surface area (Å²) in [5, 5.41) is 7.66. The molecular weight excluding hydrogens is 188 g/mol. The number of hydrogen-bond donors (Lipinski definition) is 1. The second-order valence-corrected chi connectivity index (χ2v) is 3.81. The van der Waals surface area contributed by atoms with Gasteiger partial charge in [-0.25, -0.2) is 4.98 Å². The number of aryl methyl sites for hydroxylation is 1. The first-order valence-corrected chi connectivity index (χ1v) is 5.41. The fourth-order valence-electron chi connectivity index (χ4n) is 1.40. The van der Waals surface area contributed by atoms with Crippen molar-refractivity contribution in [2.75, 3.05) is 6.54 Å². The SMILES string of the molecule is C=CCCC(C)NCCc1ncn(C)n1. The number of rotatable bonds is 7. The van der Waals surface area contributed by atoms with Gasteiger partial charge in [0.2, 0.25) is 0 Å². The van der Waals surface area contributed by atoms with Crippen molar-refractivity contribution in [3.05, 3.63) is 24.8 Å². The van der Waals surface area contributed by atoms with E-state index in [4.69, 9.17) is 0 Å². The summed E-state index contributed by atoms with van der Waals surface area (Å²) in [5.41, 5.74) is 0. The van der Waals surface area contributed by atoms with E-state index in [9.17, 15) is 0 Å².